The van der Waals surface area contributed by atoms with Gasteiger partial charge in [0.25, 0.3) is 0 Å². The van der Waals surface area contributed by atoms with Crippen LogP contribution >= 0.6 is 0 Å². The molecule has 2 heterocycles. The molecule has 0 fully saturated rings. The molecule has 0 aliphatic rings. The van der Waals surface area contributed by atoms with E-state index in [4.69, 9.17) is 0 Å². The lowest BCUT2D eigenvalue weighted by Crippen LogP contribution is -1.95. The first-order chi connectivity index (χ1) is 21.6. The van der Waals surface area contributed by atoms with E-state index in [1.54, 1.807) is 0 Å². The molecule has 7 rings (SSSR count). The lowest BCUT2D eigenvalue weighted by Gasteiger charge is -2.20. The third-order valence-electron chi connectivity index (χ3n) is 8.07. The van der Waals surface area contributed by atoms with Crippen LogP contribution in [0.15, 0.2) is 158 Å². The monoisotopic (exact) mass is 564 g/mol. The Morgan fingerprint density at radius 1 is 0.341 bits per heavy atom. The number of pyridine rings is 2. The Morgan fingerprint density at radius 2 is 0.795 bits per heavy atom. The summed E-state index contributed by atoms with van der Waals surface area (Å²) in [6, 6.07) is 51.9. The average molecular weight is 565 g/mol. The van der Waals surface area contributed by atoms with Crippen molar-refractivity contribution in [2.75, 3.05) is 0 Å². The summed E-state index contributed by atoms with van der Waals surface area (Å²) >= 11 is 0. The van der Waals surface area contributed by atoms with Crippen LogP contribution in [0, 0.1) is 13.8 Å². The molecule has 5 aromatic carbocycles. The van der Waals surface area contributed by atoms with Gasteiger partial charge in [-0.15, -0.1) is 0 Å². The van der Waals surface area contributed by atoms with Crippen LogP contribution in [-0.2, 0) is 0 Å². The standard InChI is InChI=1S/C42H32N2/c1-29-24-30(2)26-37(25-29)42-38(32-14-18-34(19-15-32)40-12-6-8-22-43-40)27-36(31-10-4-3-5-11-31)28-39(42)33-16-20-35(21-17-33)41-13-7-9-23-44-41/h3-28H,1-2H3. The highest BCUT2D eigenvalue weighted by molar-refractivity contribution is 5.98. The van der Waals surface area contributed by atoms with Crippen LogP contribution < -0.4 is 0 Å². The molecule has 0 unspecified atom stereocenters. The van der Waals surface area contributed by atoms with Gasteiger partial charge in [0.05, 0.1) is 11.4 Å². The average Bonchev–Trinajstić information content (AvgIpc) is 3.08. The van der Waals surface area contributed by atoms with Gasteiger partial charge in [-0.2, -0.15) is 0 Å². The summed E-state index contributed by atoms with van der Waals surface area (Å²) in [4.78, 5) is 9.14. The Balaban J connectivity index is 1.47. The fraction of sp³-hybridized carbons (Fsp3) is 0.0476. The third-order valence-corrected chi connectivity index (χ3v) is 8.07. The zero-order valence-electron chi connectivity index (χ0n) is 24.9. The summed E-state index contributed by atoms with van der Waals surface area (Å²) in [5.41, 5.74) is 16.2. The van der Waals surface area contributed by atoms with E-state index in [1.807, 2.05) is 36.7 Å². The molecule has 2 heteroatoms. The fourth-order valence-electron chi connectivity index (χ4n) is 6.03. The zero-order valence-corrected chi connectivity index (χ0v) is 24.9. The lowest BCUT2D eigenvalue weighted by molar-refractivity contribution is 1.33. The molecule has 0 saturated heterocycles. The molecule has 2 aromatic heterocycles. The first-order valence-corrected chi connectivity index (χ1v) is 15.0. The number of aryl methyl sites for hydroxylation is 2. The summed E-state index contributed by atoms with van der Waals surface area (Å²) in [5, 5.41) is 0. The van der Waals surface area contributed by atoms with Gasteiger partial charge >= 0.3 is 0 Å². The van der Waals surface area contributed by atoms with E-state index in [9.17, 15) is 0 Å². The molecule has 7 aromatic rings. The van der Waals surface area contributed by atoms with Gasteiger partial charge in [-0.25, -0.2) is 0 Å². The maximum Gasteiger partial charge on any atom is 0.0701 e. The molecule has 0 spiro atoms. The SMILES string of the molecule is Cc1cc(C)cc(-c2c(-c3ccc(-c4ccccn4)cc3)cc(-c3ccccc3)cc2-c2ccc(-c3ccccn3)cc2)c1. The van der Waals surface area contributed by atoms with Crippen LogP contribution in [0.1, 0.15) is 11.1 Å². The Bertz CT molecular complexity index is 1900. The summed E-state index contributed by atoms with van der Waals surface area (Å²) in [6.45, 7) is 4.36. The van der Waals surface area contributed by atoms with Crippen molar-refractivity contribution in [3.05, 3.63) is 169 Å². The van der Waals surface area contributed by atoms with E-state index < -0.39 is 0 Å². The number of aromatic nitrogens is 2. The maximum absolute atomic E-state index is 4.57. The Labute approximate surface area is 259 Å². The van der Waals surface area contributed by atoms with Gasteiger partial charge in [-0.1, -0.05) is 120 Å². The van der Waals surface area contributed by atoms with Gasteiger partial charge in [0.2, 0.25) is 0 Å². The van der Waals surface area contributed by atoms with Crippen LogP contribution in [0.2, 0.25) is 0 Å². The maximum atomic E-state index is 4.57. The first-order valence-electron chi connectivity index (χ1n) is 15.0. The van der Waals surface area contributed by atoms with Gasteiger partial charge in [0, 0.05) is 23.5 Å². The molecule has 44 heavy (non-hydrogen) atoms. The molecule has 0 aliphatic heterocycles. The molecule has 2 nitrogen and oxygen atoms in total. The van der Waals surface area contributed by atoms with E-state index in [2.05, 4.69) is 145 Å². The molecule has 0 amide bonds. The summed E-state index contributed by atoms with van der Waals surface area (Å²) in [6.07, 6.45) is 3.69. The minimum Gasteiger partial charge on any atom is -0.256 e. The smallest absolute Gasteiger partial charge is 0.0701 e. The first kappa shape index (κ1) is 27.2. The number of hydrogen-bond donors (Lipinski definition) is 0. The van der Waals surface area contributed by atoms with Crippen molar-refractivity contribution in [1.82, 2.24) is 9.97 Å². The number of benzene rings is 5. The predicted octanol–water partition coefficient (Wildman–Crippen LogP) is 11.1. The summed E-state index contributed by atoms with van der Waals surface area (Å²) in [7, 11) is 0. The minimum atomic E-state index is 0.973. The van der Waals surface area contributed by atoms with Gasteiger partial charge in [0.1, 0.15) is 0 Å². The van der Waals surface area contributed by atoms with Crippen LogP contribution in [0.4, 0.5) is 0 Å². The zero-order chi connectivity index (χ0) is 29.9. The topological polar surface area (TPSA) is 25.8 Å². The minimum absolute atomic E-state index is 0.973. The van der Waals surface area contributed by atoms with E-state index in [0.717, 1.165) is 22.5 Å². The van der Waals surface area contributed by atoms with Crippen LogP contribution in [0.3, 0.4) is 0 Å². The third kappa shape index (κ3) is 5.58. The van der Waals surface area contributed by atoms with E-state index >= 15 is 0 Å². The molecule has 0 atom stereocenters. The second-order valence-corrected chi connectivity index (χ2v) is 11.3. The molecule has 210 valence electrons. The van der Waals surface area contributed by atoms with Crippen LogP contribution in [-0.4, -0.2) is 9.97 Å². The van der Waals surface area contributed by atoms with E-state index in [0.29, 0.717) is 0 Å². The lowest BCUT2D eigenvalue weighted by atomic mass is 9.83. The van der Waals surface area contributed by atoms with Crippen molar-refractivity contribution >= 4 is 0 Å². The largest absolute Gasteiger partial charge is 0.256 e. The molecule has 0 N–H and O–H groups in total. The molecule has 0 aliphatic carbocycles. The normalized spacial score (nSPS) is 11.0. The summed E-state index contributed by atoms with van der Waals surface area (Å²) < 4.78 is 0. The summed E-state index contributed by atoms with van der Waals surface area (Å²) in [5.74, 6) is 0. The quantitative estimate of drug-likeness (QED) is 0.201. The van der Waals surface area contributed by atoms with Crippen molar-refractivity contribution < 1.29 is 0 Å². The van der Waals surface area contributed by atoms with E-state index in [1.165, 1.54) is 55.6 Å². The second-order valence-electron chi connectivity index (χ2n) is 11.3. The van der Waals surface area contributed by atoms with Crippen LogP contribution in [0.5, 0.6) is 0 Å². The molecule has 0 radical (unpaired) electrons. The molecule has 0 saturated carbocycles. The van der Waals surface area contributed by atoms with Gasteiger partial charge in [0.15, 0.2) is 0 Å². The number of rotatable bonds is 6. The van der Waals surface area contributed by atoms with Crippen LogP contribution in [0.25, 0.3) is 67.0 Å². The highest BCUT2D eigenvalue weighted by atomic mass is 14.7. The predicted molar refractivity (Wildman–Crippen MR) is 184 cm³/mol. The van der Waals surface area contributed by atoms with Crippen molar-refractivity contribution in [2.24, 2.45) is 0 Å². The molecular formula is C42H32N2. The second kappa shape index (κ2) is 11.9. The Morgan fingerprint density at radius 3 is 1.25 bits per heavy atom. The highest BCUT2D eigenvalue weighted by Gasteiger charge is 2.18. The fourth-order valence-corrected chi connectivity index (χ4v) is 6.03. The molecular weight excluding hydrogens is 532 g/mol. The van der Waals surface area contributed by atoms with Gasteiger partial charge in [-0.3, -0.25) is 9.97 Å². The van der Waals surface area contributed by atoms with Gasteiger partial charge < -0.3 is 0 Å². The molecule has 0 bridgehead atoms. The Kier molecular flexibility index (Phi) is 7.40. The Hall–Kier alpha value is -5.60. The van der Waals surface area contributed by atoms with Crippen molar-refractivity contribution in [3.63, 3.8) is 0 Å². The van der Waals surface area contributed by atoms with Crippen molar-refractivity contribution in [1.29, 1.82) is 0 Å². The van der Waals surface area contributed by atoms with E-state index in [-0.39, 0.29) is 0 Å². The number of hydrogen-bond acceptors (Lipinski definition) is 2. The highest BCUT2D eigenvalue weighted by Crippen LogP contribution is 2.44. The number of nitrogens with zero attached hydrogens (tertiary/aromatic N) is 2. The van der Waals surface area contributed by atoms with Crippen molar-refractivity contribution in [3.8, 4) is 67.0 Å². The van der Waals surface area contributed by atoms with Crippen molar-refractivity contribution in [2.45, 2.75) is 13.8 Å². The van der Waals surface area contributed by atoms with Gasteiger partial charge in [-0.05, 0) is 94.8 Å².